The molecular weight excluding hydrogens is 274 g/mol. The lowest BCUT2D eigenvalue weighted by atomic mass is 10.1. The zero-order valence-corrected chi connectivity index (χ0v) is 12.9. The highest BCUT2D eigenvalue weighted by Crippen LogP contribution is 2.18. The Morgan fingerprint density at radius 1 is 1.38 bits per heavy atom. The van der Waals surface area contributed by atoms with E-state index in [4.69, 9.17) is 5.11 Å². The van der Waals surface area contributed by atoms with Gasteiger partial charge in [-0.3, -0.25) is 14.4 Å². The minimum Gasteiger partial charge on any atom is -0.481 e. The van der Waals surface area contributed by atoms with E-state index in [-0.39, 0.29) is 30.7 Å². The van der Waals surface area contributed by atoms with Crippen molar-refractivity contribution in [3.8, 4) is 0 Å². The predicted octanol–water partition coefficient (Wildman–Crippen LogP) is -0.0452. The SMILES string of the molecule is CN[C@@H](C)C(=O)N[C@@H](CCC(=O)O)C(=O)N1CCC[C@H]1C. The Balaban J connectivity index is 2.73. The number of nitrogens with one attached hydrogen (secondary N) is 2. The van der Waals surface area contributed by atoms with Crippen molar-refractivity contribution in [2.45, 2.75) is 57.7 Å². The maximum absolute atomic E-state index is 12.5. The average molecular weight is 299 g/mol. The number of hydrogen-bond donors (Lipinski definition) is 3. The molecule has 1 fully saturated rings. The molecule has 0 saturated carbocycles. The van der Waals surface area contributed by atoms with Crippen molar-refractivity contribution in [2.24, 2.45) is 0 Å². The summed E-state index contributed by atoms with van der Waals surface area (Å²) in [7, 11) is 1.65. The Bertz CT molecular complexity index is 400. The van der Waals surface area contributed by atoms with Gasteiger partial charge in [0.2, 0.25) is 11.8 Å². The number of carbonyl (C=O) groups is 3. The zero-order chi connectivity index (χ0) is 16.0. The van der Waals surface area contributed by atoms with Gasteiger partial charge in [-0.25, -0.2) is 0 Å². The number of rotatable bonds is 7. The summed E-state index contributed by atoms with van der Waals surface area (Å²) >= 11 is 0. The number of hydrogen-bond acceptors (Lipinski definition) is 4. The molecule has 0 aliphatic carbocycles. The van der Waals surface area contributed by atoms with Gasteiger partial charge in [-0.05, 0) is 40.2 Å². The summed E-state index contributed by atoms with van der Waals surface area (Å²) in [5.74, 6) is -1.45. The molecule has 120 valence electrons. The Morgan fingerprint density at radius 3 is 2.52 bits per heavy atom. The van der Waals surface area contributed by atoms with Crippen LogP contribution in [0.15, 0.2) is 0 Å². The molecule has 7 heteroatoms. The van der Waals surface area contributed by atoms with Crippen molar-refractivity contribution in [3.63, 3.8) is 0 Å². The number of carboxylic acids is 1. The summed E-state index contributed by atoms with van der Waals surface area (Å²) < 4.78 is 0. The van der Waals surface area contributed by atoms with E-state index >= 15 is 0 Å². The van der Waals surface area contributed by atoms with Crippen molar-refractivity contribution < 1.29 is 19.5 Å². The zero-order valence-electron chi connectivity index (χ0n) is 12.9. The number of likely N-dealkylation sites (N-methyl/N-ethyl adjacent to an activating group) is 1. The molecule has 0 aromatic carbocycles. The summed E-state index contributed by atoms with van der Waals surface area (Å²) in [5.41, 5.74) is 0. The molecule has 1 heterocycles. The van der Waals surface area contributed by atoms with Gasteiger partial charge in [0.25, 0.3) is 0 Å². The highest BCUT2D eigenvalue weighted by Gasteiger charge is 2.32. The van der Waals surface area contributed by atoms with Gasteiger partial charge in [0.05, 0.1) is 6.04 Å². The van der Waals surface area contributed by atoms with Crippen molar-refractivity contribution in [3.05, 3.63) is 0 Å². The van der Waals surface area contributed by atoms with E-state index in [0.717, 1.165) is 12.8 Å². The Kier molecular flexibility index (Phi) is 6.61. The predicted molar refractivity (Wildman–Crippen MR) is 77.7 cm³/mol. The second kappa shape index (κ2) is 7.97. The molecule has 0 aromatic heterocycles. The van der Waals surface area contributed by atoms with Crippen LogP contribution < -0.4 is 10.6 Å². The van der Waals surface area contributed by atoms with Crippen LogP contribution >= 0.6 is 0 Å². The molecule has 0 radical (unpaired) electrons. The summed E-state index contributed by atoms with van der Waals surface area (Å²) in [6, 6.07) is -1.06. The second-order valence-electron chi connectivity index (χ2n) is 5.53. The standard InChI is InChI=1S/C14H25N3O4/c1-9-5-4-8-17(9)14(21)11(6-7-12(18)19)16-13(20)10(2)15-3/h9-11,15H,4-8H2,1-3H3,(H,16,20)(H,18,19)/t9-,10+,11+/m1/s1. The van der Waals surface area contributed by atoms with E-state index in [1.54, 1.807) is 18.9 Å². The molecule has 0 unspecified atom stereocenters. The van der Waals surface area contributed by atoms with Crippen LogP contribution in [0.3, 0.4) is 0 Å². The highest BCUT2D eigenvalue weighted by molar-refractivity contribution is 5.90. The van der Waals surface area contributed by atoms with Crippen LogP contribution in [-0.2, 0) is 14.4 Å². The van der Waals surface area contributed by atoms with Gasteiger partial charge in [-0.2, -0.15) is 0 Å². The number of likely N-dealkylation sites (tertiary alicyclic amines) is 1. The first-order valence-corrected chi connectivity index (χ1v) is 7.36. The van der Waals surface area contributed by atoms with Gasteiger partial charge in [0.1, 0.15) is 6.04 Å². The minimum atomic E-state index is -0.974. The van der Waals surface area contributed by atoms with Crippen LogP contribution in [0.5, 0.6) is 0 Å². The molecule has 3 atom stereocenters. The number of nitrogens with zero attached hydrogens (tertiary/aromatic N) is 1. The molecule has 7 nitrogen and oxygen atoms in total. The molecule has 1 aliphatic rings. The van der Waals surface area contributed by atoms with Crippen LogP contribution in [0.2, 0.25) is 0 Å². The summed E-state index contributed by atoms with van der Waals surface area (Å²) in [6.45, 7) is 4.32. The van der Waals surface area contributed by atoms with E-state index in [1.165, 1.54) is 0 Å². The fraction of sp³-hybridized carbons (Fsp3) is 0.786. The van der Waals surface area contributed by atoms with Gasteiger partial charge < -0.3 is 20.6 Å². The maximum Gasteiger partial charge on any atom is 0.303 e. The summed E-state index contributed by atoms with van der Waals surface area (Å²) in [4.78, 5) is 36.9. The first kappa shape index (κ1) is 17.4. The third kappa shape index (κ3) is 5.00. The monoisotopic (exact) mass is 299 g/mol. The molecule has 2 amide bonds. The van der Waals surface area contributed by atoms with E-state index < -0.39 is 18.1 Å². The number of carboxylic acid groups (broad SMARTS) is 1. The van der Waals surface area contributed by atoms with Crippen molar-refractivity contribution in [1.82, 2.24) is 15.5 Å². The average Bonchev–Trinajstić information content (AvgIpc) is 2.87. The van der Waals surface area contributed by atoms with E-state index in [1.807, 2.05) is 6.92 Å². The topological polar surface area (TPSA) is 98.7 Å². The fourth-order valence-electron chi connectivity index (χ4n) is 2.41. The first-order chi connectivity index (χ1) is 9.86. The third-order valence-electron chi connectivity index (χ3n) is 3.92. The van der Waals surface area contributed by atoms with Crippen molar-refractivity contribution in [2.75, 3.05) is 13.6 Å². The van der Waals surface area contributed by atoms with Gasteiger partial charge in [-0.1, -0.05) is 0 Å². The van der Waals surface area contributed by atoms with Crippen molar-refractivity contribution in [1.29, 1.82) is 0 Å². The summed E-state index contributed by atoms with van der Waals surface area (Å²) in [6.07, 6.45) is 1.85. The largest absolute Gasteiger partial charge is 0.481 e. The maximum atomic E-state index is 12.5. The Hall–Kier alpha value is -1.63. The van der Waals surface area contributed by atoms with Crippen LogP contribution in [-0.4, -0.2) is 59.5 Å². The Morgan fingerprint density at radius 2 is 2.05 bits per heavy atom. The molecule has 1 rings (SSSR count). The fourth-order valence-corrected chi connectivity index (χ4v) is 2.41. The van der Waals surface area contributed by atoms with Crippen LogP contribution in [0.1, 0.15) is 39.5 Å². The smallest absolute Gasteiger partial charge is 0.303 e. The second-order valence-corrected chi connectivity index (χ2v) is 5.53. The molecule has 1 aliphatic heterocycles. The number of carbonyl (C=O) groups excluding carboxylic acids is 2. The lowest BCUT2D eigenvalue weighted by molar-refractivity contribution is -0.140. The normalized spacial score (nSPS) is 20.9. The van der Waals surface area contributed by atoms with Crippen LogP contribution in [0, 0.1) is 0 Å². The quantitative estimate of drug-likeness (QED) is 0.612. The van der Waals surface area contributed by atoms with Gasteiger partial charge in [0, 0.05) is 19.0 Å². The van der Waals surface area contributed by atoms with E-state index in [9.17, 15) is 14.4 Å². The molecule has 21 heavy (non-hydrogen) atoms. The number of amides is 2. The van der Waals surface area contributed by atoms with Gasteiger partial charge in [-0.15, -0.1) is 0 Å². The minimum absolute atomic E-state index is 0.111. The Labute approximate surface area is 125 Å². The van der Waals surface area contributed by atoms with E-state index in [0.29, 0.717) is 6.54 Å². The lowest BCUT2D eigenvalue weighted by Crippen LogP contribution is -2.53. The molecular formula is C14H25N3O4. The van der Waals surface area contributed by atoms with Crippen LogP contribution in [0.4, 0.5) is 0 Å². The third-order valence-corrected chi connectivity index (χ3v) is 3.92. The summed E-state index contributed by atoms with van der Waals surface area (Å²) in [5, 5.41) is 14.3. The van der Waals surface area contributed by atoms with E-state index in [2.05, 4.69) is 10.6 Å². The van der Waals surface area contributed by atoms with Gasteiger partial charge >= 0.3 is 5.97 Å². The molecule has 3 N–H and O–H groups in total. The lowest BCUT2D eigenvalue weighted by Gasteiger charge is -2.28. The first-order valence-electron chi connectivity index (χ1n) is 7.36. The number of aliphatic carboxylic acids is 1. The molecule has 1 saturated heterocycles. The molecule has 0 aromatic rings. The molecule has 0 spiro atoms. The van der Waals surface area contributed by atoms with Crippen LogP contribution in [0.25, 0.3) is 0 Å². The molecule has 0 bridgehead atoms. The van der Waals surface area contributed by atoms with Gasteiger partial charge in [0.15, 0.2) is 0 Å². The van der Waals surface area contributed by atoms with Crippen molar-refractivity contribution >= 4 is 17.8 Å². The highest BCUT2D eigenvalue weighted by atomic mass is 16.4.